The zero-order valence-corrected chi connectivity index (χ0v) is 19.7. The quantitative estimate of drug-likeness (QED) is 0.341. The highest BCUT2D eigenvalue weighted by atomic mass is 16.5. The van der Waals surface area contributed by atoms with Gasteiger partial charge in [0.1, 0.15) is 17.3 Å². The van der Waals surface area contributed by atoms with Gasteiger partial charge in [-0.2, -0.15) is 0 Å². The summed E-state index contributed by atoms with van der Waals surface area (Å²) < 4.78 is 5.71. The van der Waals surface area contributed by atoms with Gasteiger partial charge in [0, 0.05) is 12.1 Å². The normalized spacial score (nSPS) is 17.7. The first-order valence-corrected chi connectivity index (χ1v) is 11.2. The summed E-state index contributed by atoms with van der Waals surface area (Å²) in [7, 11) is 3.88. The fourth-order valence-electron chi connectivity index (χ4n) is 4.04. The molecule has 3 rings (SSSR count). The van der Waals surface area contributed by atoms with Crippen molar-refractivity contribution < 1.29 is 24.5 Å². The molecule has 2 N–H and O–H groups in total. The number of aliphatic hydroxyl groups excluding tert-OH is 1. The maximum absolute atomic E-state index is 13.1. The number of likely N-dealkylation sites (tertiary alicyclic amines) is 1. The Morgan fingerprint density at radius 1 is 1.15 bits per heavy atom. The molecule has 1 fully saturated rings. The molecule has 1 atom stereocenters. The second-order valence-corrected chi connectivity index (χ2v) is 8.57. The maximum atomic E-state index is 13.1. The largest absolute Gasteiger partial charge is 0.508 e. The third-order valence-electron chi connectivity index (χ3n) is 5.64. The van der Waals surface area contributed by atoms with Gasteiger partial charge in [-0.05, 0) is 81.9 Å². The van der Waals surface area contributed by atoms with Crippen LogP contribution in [0, 0.1) is 6.92 Å². The van der Waals surface area contributed by atoms with Crippen molar-refractivity contribution in [3.8, 4) is 11.5 Å². The summed E-state index contributed by atoms with van der Waals surface area (Å²) in [6, 6.07) is 10.9. The highest BCUT2D eigenvalue weighted by Gasteiger charge is 2.45. The van der Waals surface area contributed by atoms with Gasteiger partial charge in [-0.3, -0.25) is 9.59 Å². The molecule has 0 radical (unpaired) electrons. The van der Waals surface area contributed by atoms with E-state index >= 15 is 0 Å². The number of carbonyl (C=O) groups is 2. The van der Waals surface area contributed by atoms with Crippen LogP contribution in [0.1, 0.15) is 42.5 Å². The lowest BCUT2D eigenvalue weighted by Gasteiger charge is -2.26. The van der Waals surface area contributed by atoms with Crippen LogP contribution in [0.4, 0.5) is 0 Å². The third kappa shape index (κ3) is 5.37. The number of carbonyl (C=O) groups excluding carboxylic acids is 2. The van der Waals surface area contributed by atoms with Crippen molar-refractivity contribution >= 4 is 17.4 Å². The molecule has 1 heterocycles. The fourth-order valence-corrected chi connectivity index (χ4v) is 4.04. The summed E-state index contributed by atoms with van der Waals surface area (Å²) in [5, 5.41) is 21.2. The number of benzene rings is 2. The van der Waals surface area contributed by atoms with Crippen molar-refractivity contribution in [1.82, 2.24) is 9.80 Å². The number of aryl methyl sites for hydroxylation is 1. The van der Waals surface area contributed by atoms with Gasteiger partial charge >= 0.3 is 0 Å². The summed E-state index contributed by atoms with van der Waals surface area (Å²) >= 11 is 0. The first kappa shape index (κ1) is 24.3. The molecular weight excluding hydrogens is 420 g/mol. The van der Waals surface area contributed by atoms with E-state index in [2.05, 4.69) is 0 Å². The Morgan fingerprint density at radius 2 is 1.91 bits per heavy atom. The van der Waals surface area contributed by atoms with Crippen LogP contribution in [0.2, 0.25) is 0 Å². The standard InChI is InChI=1S/C26H32N2O5/c1-5-14-33-21-11-10-19(15-17(21)2)24(30)22-23(18-8-6-9-20(29)16-18)28(26(32)25(22)31)13-7-12-27(3)4/h6,8-11,15-16,23,29-30H,5,7,12-14H2,1-4H3/b24-22-. The molecule has 1 unspecified atom stereocenters. The zero-order valence-electron chi connectivity index (χ0n) is 19.7. The summed E-state index contributed by atoms with van der Waals surface area (Å²) in [6.07, 6.45) is 1.54. The molecule has 2 aromatic rings. The van der Waals surface area contributed by atoms with Crippen LogP contribution in [0.5, 0.6) is 11.5 Å². The van der Waals surface area contributed by atoms with Gasteiger partial charge in [0.15, 0.2) is 0 Å². The van der Waals surface area contributed by atoms with Crippen LogP contribution in [0.15, 0.2) is 48.0 Å². The summed E-state index contributed by atoms with van der Waals surface area (Å²) in [5.74, 6) is -0.874. The monoisotopic (exact) mass is 452 g/mol. The van der Waals surface area contributed by atoms with Crippen LogP contribution >= 0.6 is 0 Å². The Kier molecular flexibility index (Phi) is 7.76. The Hall–Kier alpha value is -3.32. The number of nitrogens with zero attached hydrogens (tertiary/aromatic N) is 2. The van der Waals surface area contributed by atoms with E-state index in [1.165, 1.54) is 17.0 Å². The van der Waals surface area contributed by atoms with Crippen molar-refractivity contribution in [2.24, 2.45) is 0 Å². The predicted molar refractivity (Wildman–Crippen MR) is 127 cm³/mol. The highest BCUT2D eigenvalue weighted by Crippen LogP contribution is 2.40. The average molecular weight is 453 g/mol. The number of amides is 1. The molecular formula is C26H32N2O5. The number of aliphatic hydroxyl groups is 1. The number of hydrogen-bond donors (Lipinski definition) is 2. The van der Waals surface area contributed by atoms with Gasteiger partial charge in [0.2, 0.25) is 0 Å². The lowest BCUT2D eigenvalue weighted by atomic mass is 9.94. The number of ether oxygens (including phenoxy) is 1. The van der Waals surface area contributed by atoms with Gasteiger partial charge in [-0.25, -0.2) is 0 Å². The lowest BCUT2D eigenvalue weighted by molar-refractivity contribution is -0.139. The van der Waals surface area contributed by atoms with E-state index in [-0.39, 0.29) is 17.1 Å². The van der Waals surface area contributed by atoms with E-state index < -0.39 is 17.7 Å². The predicted octanol–water partition coefficient (Wildman–Crippen LogP) is 3.86. The van der Waals surface area contributed by atoms with Crippen molar-refractivity contribution in [2.45, 2.75) is 32.7 Å². The SMILES string of the molecule is CCCOc1ccc(/C(O)=C2/C(=O)C(=O)N(CCCN(C)C)C2c2cccc(O)c2)cc1C. The Labute approximate surface area is 194 Å². The van der Waals surface area contributed by atoms with Gasteiger partial charge in [0.25, 0.3) is 11.7 Å². The minimum Gasteiger partial charge on any atom is -0.508 e. The number of rotatable bonds is 9. The van der Waals surface area contributed by atoms with E-state index in [1.807, 2.05) is 32.8 Å². The van der Waals surface area contributed by atoms with Crippen LogP contribution in [0.25, 0.3) is 5.76 Å². The summed E-state index contributed by atoms with van der Waals surface area (Å²) in [4.78, 5) is 29.5. The topological polar surface area (TPSA) is 90.3 Å². The second kappa shape index (κ2) is 10.5. The fraction of sp³-hybridized carbons (Fsp3) is 0.385. The molecule has 1 saturated heterocycles. The average Bonchev–Trinajstić information content (AvgIpc) is 3.02. The van der Waals surface area contributed by atoms with E-state index in [4.69, 9.17) is 4.74 Å². The van der Waals surface area contributed by atoms with Gasteiger partial charge in [0.05, 0.1) is 18.2 Å². The van der Waals surface area contributed by atoms with Crippen LogP contribution in [-0.4, -0.2) is 65.5 Å². The van der Waals surface area contributed by atoms with E-state index in [0.29, 0.717) is 36.4 Å². The molecule has 7 heteroatoms. The number of ketones is 1. The molecule has 0 aliphatic carbocycles. The molecule has 1 aliphatic rings. The van der Waals surface area contributed by atoms with Gasteiger partial charge in [-0.1, -0.05) is 19.1 Å². The third-order valence-corrected chi connectivity index (χ3v) is 5.64. The van der Waals surface area contributed by atoms with E-state index in [0.717, 1.165) is 18.5 Å². The number of phenolic OH excluding ortho intramolecular Hbond substituents is 1. The smallest absolute Gasteiger partial charge is 0.295 e. The molecule has 176 valence electrons. The molecule has 2 aromatic carbocycles. The van der Waals surface area contributed by atoms with Crippen molar-refractivity contribution in [3.63, 3.8) is 0 Å². The molecule has 1 amide bonds. The van der Waals surface area contributed by atoms with E-state index in [1.54, 1.807) is 30.3 Å². The molecule has 0 aromatic heterocycles. The zero-order chi connectivity index (χ0) is 24.1. The minimum atomic E-state index is -0.782. The van der Waals surface area contributed by atoms with Crippen LogP contribution in [0.3, 0.4) is 0 Å². The Morgan fingerprint density at radius 3 is 2.55 bits per heavy atom. The minimum absolute atomic E-state index is 0.0251. The van der Waals surface area contributed by atoms with Crippen LogP contribution < -0.4 is 4.74 Å². The molecule has 1 aliphatic heterocycles. The number of phenols is 1. The highest BCUT2D eigenvalue weighted by molar-refractivity contribution is 6.46. The molecule has 0 spiro atoms. The van der Waals surface area contributed by atoms with Crippen molar-refractivity contribution in [1.29, 1.82) is 0 Å². The second-order valence-electron chi connectivity index (χ2n) is 8.57. The van der Waals surface area contributed by atoms with E-state index in [9.17, 15) is 19.8 Å². The van der Waals surface area contributed by atoms with Gasteiger partial charge < -0.3 is 24.7 Å². The van der Waals surface area contributed by atoms with Crippen molar-refractivity contribution in [2.75, 3.05) is 33.8 Å². The summed E-state index contributed by atoms with van der Waals surface area (Å²) in [6.45, 7) is 5.57. The summed E-state index contributed by atoms with van der Waals surface area (Å²) in [5.41, 5.74) is 1.85. The van der Waals surface area contributed by atoms with Gasteiger partial charge in [-0.15, -0.1) is 0 Å². The number of aromatic hydroxyl groups is 1. The molecule has 7 nitrogen and oxygen atoms in total. The lowest BCUT2D eigenvalue weighted by Crippen LogP contribution is -2.32. The first-order chi connectivity index (χ1) is 15.7. The Balaban J connectivity index is 2.06. The van der Waals surface area contributed by atoms with Crippen LogP contribution in [-0.2, 0) is 9.59 Å². The number of Topliss-reactive ketones (excluding diaryl/α,β-unsaturated/α-hetero) is 1. The molecule has 0 bridgehead atoms. The number of hydrogen-bond acceptors (Lipinski definition) is 6. The first-order valence-electron chi connectivity index (χ1n) is 11.2. The molecule has 33 heavy (non-hydrogen) atoms. The van der Waals surface area contributed by atoms with Crippen molar-refractivity contribution in [3.05, 3.63) is 64.7 Å². The maximum Gasteiger partial charge on any atom is 0.295 e. The Bertz CT molecular complexity index is 1060. The molecule has 0 saturated carbocycles.